The van der Waals surface area contributed by atoms with Crippen molar-refractivity contribution in [3.8, 4) is 5.75 Å². The number of amides is 1. The summed E-state index contributed by atoms with van der Waals surface area (Å²) in [6.07, 6.45) is 0. The number of methoxy groups -OCH3 is 1. The lowest BCUT2D eigenvalue weighted by Crippen LogP contribution is -2.22. The van der Waals surface area contributed by atoms with Crippen LogP contribution in [-0.2, 0) is 22.3 Å². The highest BCUT2D eigenvalue weighted by molar-refractivity contribution is 7.88. The molecule has 118 valence electrons. The fourth-order valence-electron chi connectivity index (χ4n) is 1.87. The lowest BCUT2D eigenvalue weighted by atomic mass is 10.1. The number of hydrogen-bond donors (Lipinski definition) is 2. The Balaban J connectivity index is 1.96. The first-order valence-electron chi connectivity index (χ1n) is 6.37. The van der Waals surface area contributed by atoms with Crippen LogP contribution in [0, 0.1) is 0 Å². The van der Waals surface area contributed by atoms with Crippen molar-refractivity contribution in [1.82, 2.24) is 5.32 Å². The molecule has 8 heteroatoms. The molecule has 0 aliphatic rings. The normalized spacial score (nSPS) is 11.2. The van der Waals surface area contributed by atoms with Crippen molar-refractivity contribution in [1.29, 1.82) is 0 Å². The maximum atomic E-state index is 12.0. The van der Waals surface area contributed by atoms with Crippen molar-refractivity contribution in [3.05, 3.63) is 51.7 Å². The maximum Gasteiger partial charge on any atom is 0.265 e. The lowest BCUT2D eigenvalue weighted by Gasteiger charge is -2.06. The summed E-state index contributed by atoms with van der Waals surface area (Å²) in [4.78, 5) is 12.6. The Morgan fingerprint density at radius 1 is 1.23 bits per heavy atom. The van der Waals surface area contributed by atoms with Crippen LogP contribution in [0.15, 0.2) is 35.7 Å². The third-order valence-corrected chi connectivity index (χ3v) is 4.53. The molecule has 0 fully saturated rings. The Morgan fingerprint density at radius 3 is 2.45 bits per heavy atom. The molecule has 0 radical (unpaired) electrons. The number of ether oxygens (including phenoxy) is 1. The van der Waals surface area contributed by atoms with Gasteiger partial charge in [0.05, 0.1) is 12.9 Å². The zero-order valence-corrected chi connectivity index (χ0v) is 13.5. The average Bonchev–Trinajstić information content (AvgIpc) is 2.93. The Bertz CT molecular complexity index is 751. The molecule has 0 bridgehead atoms. The van der Waals surface area contributed by atoms with E-state index in [9.17, 15) is 13.2 Å². The Kier molecular flexibility index (Phi) is 5.17. The number of carbonyl (C=O) groups excluding carboxylic acids is 1. The van der Waals surface area contributed by atoms with Gasteiger partial charge in [0.1, 0.15) is 10.6 Å². The van der Waals surface area contributed by atoms with E-state index in [1.807, 2.05) is 0 Å². The van der Waals surface area contributed by atoms with Gasteiger partial charge in [-0.2, -0.15) is 0 Å². The molecule has 22 heavy (non-hydrogen) atoms. The van der Waals surface area contributed by atoms with E-state index in [2.05, 4.69) is 5.32 Å². The Hall–Kier alpha value is -1.90. The zero-order chi connectivity index (χ0) is 16.2. The predicted octanol–water partition coefficient (Wildman–Crippen LogP) is 1.48. The summed E-state index contributed by atoms with van der Waals surface area (Å²) < 4.78 is 27.1. The number of nitrogens with two attached hydrogens (primary N) is 1. The molecule has 6 nitrogen and oxygen atoms in total. The largest absolute Gasteiger partial charge is 0.495 e. The smallest absolute Gasteiger partial charge is 0.265 e. The van der Waals surface area contributed by atoms with Gasteiger partial charge < -0.3 is 10.1 Å². The van der Waals surface area contributed by atoms with E-state index >= 15 is 0 Å². The summed E-state index contributed by atoms with van der Waals surface area (Å²) in [7, 11) is -2.02. The van der Waals surface area contributed by atoms with E-state index in [1.165, 1.54) is 18.4 Å². The summed E-state index contributed by atoms with van der Waals surface area (Å²) in [6.45, 7) is 0.343. The van der Waals surface area contributed by atoms with Crippen LogP contribution in [0.2, 0.25) is 0 Å². The van der Waals surface area contributed by atoms with Crippen LogP contribution in [-0.4, -0.2) is 21.4 Å². The average molecular weight is 340 g/mol. The molecule has 0 unspecified atom stereocenters. The van der Waals surface area contributed by atoms with Crippen molar-refractivity contribution in [2.45, 2.75) is 12.3 Å². The number of rotatable bonds is 6. The van der Waals surface area contributed by atoms with Gasteiger partial charge in [-0.3, -0.25) is 4.79 Å². The second kappa shape index (κ2) is 6.91. The van der Waals surface area contributed by atoms with Crippen LogP contribution in [0.25, 0.3) is 0 Å². The summed E-state index contributed by atoms with van der Waals surface area (Å²) >= 11 is 1.31. The second-order valence-corrected chi connectivity index (χ2v) is 7.15. The van der Waals surface area contributed by atoms with Crippen LogP contribution >= 0.6 is 11.3 Å². The second-order valence-electron chi connectivity index (χ2n) is 4.62. The van der Waals surface area contributed by atoms with Crippen molar-refractivity contribution in [2.75, 3.05) is 7.11 Å². The molecule has 1 amide bonds. The van der Waals surface area contributed by atoms with E-state index in [0.717, 1.165) is 5.56 Å². The number of primary sulfonamides is 1. The van der Waals surface area contributed by atoms with Gasteiger partial charge in [-0.05, 0) is 22.6 Å². The van der Waals surface area contributed by atoms with Crippen molar-refractivity contribution < 1.29 is 17.9 Å². The molecular weight excluding hydrogens is 324 g/mol. The molecule has 0 aliphatic heterocycles. The van der Waals surface area contributed by atoms with Gasteiger partial charge in [-0.15, -0.1) is 11.3 Å². The maximum absolute atomic E-state index is 12.0. The van der Waals surface area contributed by atoms with Gasteiger partial charge in [0.25, 0.3) is 5.91 Å². The highest BCUT2D eigenvalue weighted by Crippen LogP contribution is 2.24. The third-order valence-electron chi connectivity index (χ3n) is 2.90. The number of hydrogen-bond acceptors (Lipinski definition) is 5. The highest BCUT2D eigenvalue weighted by atomic mass is 32.2. The highest BCUT2D eigenvalue weighted by Gasteiger charge is 2.13. The van der Waals surface area contributed by atoms with E-state index in [0.29, 0.717) is 22.7 Å². The minimum absolute atomic E-state index is 0.202. The van der Waals surface area contributed by atoms with Crippen molar-refractivity contribution in [2.24, 2.45) is 5.14 Å². The number of benzene rings is 1. The molecule has 0 atom stereocenters. The molecule has 2 rings (SSSR count). The van der Waals surface area contributed by atoms with Crippen LogP contribution in [0.1, 0.15) is 20.8 Å². The van der Waals surface area contributed by atoms with E-state index in [4.69, 9.17) is 9.88 Å². The van der Waals surface area contributed by atoms with Gasteiger partial charge >= 0.3 is 0 Å². The molecule has 3 N–H and O–H groups in total. The summed E-state index contributed by atoms with van der Waals surface area (Å²) in [5, 5.41) is 9.57. The monoisotopic (exact) mass is 340 g/mol. The minimum atomic E-state index is -3.54. The van der Waals surface area contributed by atoms with Crippen molar-refractivity contribution >= 4 is 27.3 Å². The van der Waals surface area contributed by atoms with Crippen LogP contribution in [0.5, 0.6) is 5.75 Å². The Morgan fingerprint density at radius 2 is 1.86 bits per heavy atom. The van der Waals surface area contributed by atoms with E-state index in [-0.39, 0.29) is 11.7 Å². The predicted molar refractivity (Wildman–Crippen MR) is 85.3 cm³/mol. The topological polar surface area (TPSA) is 98.5 Å². The molecular formula is C14H16N2O4S2. The number of carbonyl (C=O) groups is 1. The van der Waals surface area contributed by atoms with Gasteiger partial charge in [0, 0.05) is 6.54 Å². The van der Waals surface area contributed by atoms with Gasteiger partial charge in [0.15, 0.2) is 0 Å². The quantitative estimate of drug-likeness (QED) is 0.832. The third kappa shape index (κ3) is 4.55. The number of nitrogens with one attached hydrogen (secondary N) is 1. The SMILES string of the molecule is COc1ccsc1C(=O)NCc1ccc(CS(N)(=O)=O)cc1. The van der Waals surface area contributed by atoms with Gasteiger partial charge in [-0.1, -0.05) is 24.3 Å². The van der Waals surface area contributed by atoms with E-state index < -0.39 is 10.0 Å². The summed E-state index contributed by atoms with van der Waals surface area (Å²) in [6, 6.07) is 8.61. The molecule has 0 saturated heterocycles. The molecule has 0 spiro atoms. The lowest BCUT2D eigenvalue weighted by molar-refractivity contribution is 0.0952. The van der Waals surface area contributed by atoms with E-state index in [1.54, 1.807) is 35.7 Å². The molecule has 2 aromatic rings. The van der Waals surface area contributed by atoms with Crippen molar-refractivity contribution in [3.63, 3.8) is 0 Å². The minimum Gasteiger partial charge on any atom is -0.495 e. The first-order valence-corrected chi connectivity index (χ1v) is 8.96. The molecule has 1 heterocycles. The van der Waals surface area contributed by atoms with Crippen LogP contribution < -0.4 is 15.2 Å². The fourth-order valence-corrected chi connectivity index (χ4v) is 3.30. The van der Waals surface area contributed by atoms with Crippen LogP contribution in [0.3, 0.4) is 0 Å². The van der Waals surface area contributed by atoms with Gasteiger partial charge in [-0.25, -0.2) is 13.6 Å². The fraction of sp³-hybridized carbons (Fsp3) is 0.214. The summed E-state index contributed by atoms with van der Waals surface area (Å²) in [5.41, 5.74) is 1.47. The molecule has 1 aromatic carbocycles. The zero-order valence-electron chi connectivity index (χ0n) is 11.9. The number of thiophene rings is 1. The standard InChI is InChI=1S/C14H16N2O4S2/c1-20-12-6-7-21-13(12)14(17)16-8-10-2-4-11(5-3-10)9-22(15,18)19/h2-7H,8-9H2,1H3,(H,16,17)(H2,15,18,19). The Labute approximate surface area is 133 Å². The number of sulfonamides is 1. The first-order chi connectivity index (χ1) is 10.4. The first kappa shape index (κ1) is 16.5. The summed E-state index contributed by atoms with van der Waals surface area (Å²) in [5.74, 6) is 0.137. The van der Waals surface area contributed by atoms with Gasteiger partial charge in [0.2, 0.25) is 10.0 Å². The molecule has 1 aromatic heterocycles. The molecule has 0 aliphatic carbocycles. The van der Waals surface area contributed by atoms with Crippen LogP contribution in [0.4, 0.5) is 0 Å². The molecule has 0 saturated carbocycles.